The Morgan fingerprint density at radius 1 is 1.17 bits per heavy atom. The van der Waals surface area contributed by atoms with Gasteiger partial charge in [-0.1, -0.05) is 71.9 Å². The number of carbonyl (C=O) groups is 2. The van der Waals surface area contributed by atoms with Crippen LogP contribution in [0.4, 0.5) is 0 Å². The van der Waals surface area contributed by atoms with Gasteiger partial charge in [-0.3, -0.25) is 9.59 Å². The third kappa shape index (κ3) is 7.36. The number of aldehydes is 1. The van der Waals surface area contributed by atoms with E-state index < -0.39 is 49.9 Å². The lowest BCUT2D eigenvalue weighted by molar-refractivity contribution is -0.335. The van der Waals surface area contributed by atoms with Crippen molar-refractivity contribution in [3.8, 4) is 0 Å². The van der Waals surface area contributed by atoms with Crippen molar-refractivity contribution in [3.05, 3.63) is 47.1 Å². The smallest absolute Gasteiger partial charge is 0.316 e. The average molecular weight is 671 g/mol. The minimum absolute atomic E-state index is 0.0528. The zero-order chi connectivity index (χ0) is 34.4. The standard InChI is InChI=1S/C38H58O8Si/c1-10-32-25(3)16-17-37(45-32)21-30-20-29(44-37)15-14-27(22-39)18-24(2)12-11-13-28-23-42-34-33(46-47(8,9)36(5,6)7)26(4)19-31(35(40)43-30)38(28,34)41/h11-14,19,22,24-25,29-34,41H,10,15-18,20-21,23H2,1-9H3/b12-11+,27-14-,28-13+/t24-,25-,29+,30-,31-,32+,33+,34+,37+,38+/m0/s1. The van der Waals surface area contributed by atoms with Crippen molar-refractivity contribution in [2.45, 2.75) is 153 Å². The summed E-state index contributed by atoms with van der Waals surface area (Å²) in [6, 6.07) is 0. The van der Waals surface area contributed by atoms with Gasteiger partial charge in [-0.15, -0.1) is 0 Å². The van der Waals surface area contributed by atoms with Gasteiger partial charge in [-0.05, 0) is 79.3 Å². The molecule has 0 unspecified atom stereocenters. The van der Waals surface area contributed by atoms with Crippen molar-refractivity contribution < 1.29 is 38.1 Å². The van der Waals surface area contributed by atoms with Gasteiger partial charge in [0.25, 0.3) is 0 Å². The first kappa shape index (κ1) is 36.4. The van der Waals surface area contributed by atoms with E-state index in [-0.39, 0.29) is 29.8 Å². The van der Waals surface area contributed by atoms with Crippen LogP contribution in [-0.4, -0.2) is 74.2 Å². The largest absolute Gasteiger partial charge is 0.462 e. The van der Waals surface area contributed by atoms with Crippen LogP contribution in [-0.2, 0) is 33.0 Å². The van der Waals surface area contributed by atoms with Gasteiger partial charge >= 0.3 is 5.97 Å². The third-order valence-electron chi connectivity index (χ3n) is 11.7. The molecule has 3 saturated heterocycles. The molecule has 4 aliphatic heterocycles. The molecule has 5 rings (SSSR count). The number of esters is 1. The Morgan fingerprint density at radius 2 is 1.91 bits per heavy atom. The number of aliphatic hydroxyl groups is 1. The van der Waals surface area contributed by atoms with Gasteiger partial charge in [0.05, 0.1) is 24.9 Å². The number of ether oxygens (including phenoxy) is 4. The van der Waals surface area contributed by atoms with E-state index in [1.165, 1.54) is 0 Å². The topological polar surface area (TPSA) is 101 Å². The number of allylic oxidation sites excluding steroid dienone is 4. The van der Waals surface area contributed by atoms with Gasteiger partial charge in [0, 0.05) is 19.3 Å². The first-order chi connectivity index (χ1) is 22.0. The number of fused-ring (bicyclic) bond motifs is 2. The van der Waals surface area contributed by atoms with Crippen LogP contribution in [0.3, 0.4) is 0 Å². The Morgan fingerprint density at radius 3 is 2.60 bits per heavy atom. The highest BCUT2D eigenvalue weighted by molar-refractivity contribution is 6.74. The van der Waals surface area contributed by atoms with Gasteiger partial charge in [0.2, 0.25) is 0 Å². The fourth-order valence-corrected chi connectivity index (χ4v) is 9.07. The Labute approximate surface area is 283 Å². The zero-order valence-corrected chi connectivity index (χ0v) is 31.0. The van der Waals surface area contributed by atoms with Gasteiger partial charge in [-0.25, -0.2) is 0 Å². The highest BCUT2D eigenvalue weighted by Crippen LogP contribution is 2.50. The van der Waals surface area contributed by atoms with Crippen LogP contribution in [0, 0.1) is 17.8 Å². The van der Waals surface area contributed by atoms with E-state index in [2.05, 4.69) is 54.6 Å². The molecule has 9 heteroatoms. The van der Waals surface area contributed by atoms with Crippen molar-refractivity contribution in [1.29, 1.82) is 0 Å². The molecule has 5 aliphatic rings. The summed E-state index contributed by atoms with van der Waals surface area (Å²) in [6.07, 6.45) is 13.1. The summed E-state index contributed by atoms with van der Waals surface area (Å²) in [7, 11) is -2.27. The van der Waals surface area contributed by atoms with Crippen LogP contribution in [0.2, 0.25) is 18.1 Å². The summed E-state index contributed by atoms with van der Waals surface area (Å²) >= 11 is 0. The molecule has 3 fully saturated rings. The van der Waals surface area contributed by atoms with E-state index in [1.54, 1.807) is 0 Å². The fourth-order valence-electron chi connectivity index (χ4n) is 7.77. The molecule has 262 valence electrons. The summed E-state index contributed by atoms with van der Waals surface area (Å²) in [6.45, 7) is 19.5. The molecule has 1 aliphatic carbocycles. The van der Waals surface area contributed by atoms with E-state index in [9.17, 15) is 14.7 Å². The Hall–Kier alpha value is -1.88. The van der Waals surface area contributed by atoms with Crippen molar-refractivity contribution in [2.75, 3.05) is 6.61 Å². The predicted octanol–water partition coefficient (Wildman–Crippen LogP) is 7.13. The van der Waals surface area contributed by atoms with E-state index in [4.69, 9.17) is 23.4 Å². The molecule has 47 heavy (non-hydrogen) atoms. The molecule has 2 bridgehead atoms. The molecule has 0 aromatic heterocycles. The van der Waals surface area contributed by atoms with Gasteiger partial charge < -0.3 is 28.5 Å². The van der Waals surface area contributed by atoms with E-state index in [0.717, 1.165) is 24.7 Å². The molecule has 0 aromatic carbocycles. The molecule has 10 atom stereocenters. The lowest BCUT2D eigenvalue weighted by atomic mass is 9.71. The first-order valence-corrected chi connectivity index (χ1v) is 20.7. The molecule has 0 radical (unpaired) electrons. The number of rotatable bonds is 4. The number of carbonyl (C=O) groups excluding carboxylic acids is 2. The summed E-state index contributed by atoms with van der Waals surface area (Å²) < 4.78 is 33.1. The predicted molar refractivity (Wildman–Crippen MR) is 184 cm³/mol. The molecule has 8 nitrogen and oxygen atoms in total. The van der Waals surface area contributed by atoms with E-state index in [1.807, 2.05) is 37.3 Å². The SMILES string of the molecule is CC[C@H]1O[C@]2(CC[C@@H]1C)C[C@@H]1C[C@@H](C/C=C(\C=O)C[C@@H](C)/C=C/C=C3\CO[C@@H]4[C@H](O[Si](C)(C)C(C)(C)C)C(C)=C[C@@H](C(=O)O1)[C@]34O)O2. The van der Waals surface area contributed by atoms with Gasteiger partial charge in [-0.2, -0.15) is 0 Å². The lowest BCUT2D eigenvalue weighted by Crippen LogP contribution is -2.60. The molecule has 0 aromatic rings. The molecule has 1 N–H and O–H groups in total. The Kier molecular flexibility index (Phi) is 10.7. The second kappa shape index (κ2) is 13.8. The fraction of sp³-hybridized carbons (Fsp3) is 0.737. The molecule has 0 amide bonds. The molecule has 0 saturated carbocycles. The highest BCUT2D eigenvalue weighted by atomic mass is 28.4. The molecular formula is C38H58O8Si. The highest BCUT2D eigenvalue weighted by Gasteiger charge is 2.61. The summed E-state index contributed by atoms with van der Waals surface area (Å²) in [4.78, 5) is 26.5. The summed E-state index contributed by atoms with van der Waals surface area (Å²) in [5.74, 6) is -1.82. The Bertz CT molecular complexity index is 1310. The van der Waals surface area contributed by atoms with Crippen molar-refractivity contribution in [3.63, 3.8) is 0 Å². The maximum absolute atomic E-state index is 14.4. The van der Waals surface area contributed by atoms with E-state index in [0.29, 0.717) is 49.2 Å². The quantitative estimate of drug-likeness (QED) is 0.146. The van der Waals surface area contributed by atoms with Gasteiger partial charge in [0.1, 0.15) is 30.0 Å². The van der Waals surface area contributed by atoms with Crippen LogP contribution in [0.25, 0.3) is 0 Å². The van der Waals surface area contributed by atoms with Crippen LogP contribution in [0.1, 0.15) is 93.4 Å². The Balaban J connectivity index is 1.55. The zero-order valence-electron chi connectivity index (χ0n) is 30.0. The summed E-state index contributed by atoms with van der Waals surface area (Å²) in [5, 5.41) is 12.7. The minimum Gasteiger partial charge on any atom is -0.462 e. The van der Waals surface area contributed by atoms with Crippen molar-refractivity contribution >= 4 is 20.6 Å². The second-order valence-electron chi connectivity index (χ2n) is 16.4. The molecule has 1 spiro atoms. The molecule has 4 heterocycles. The second-order valence-corrected chi connectivity index (χ2v) is 21.1. The van der Waals surface area contributed by atoms with Crippen LogP contribution in [0.5, 0.6) is 0 Å². The first-order valence-electron chi connectivity index (χ1n) is 17.8. The van der Waals surface area contributed by atoms with Crippen molar-refractivity contribution in [1.82, 2.24) is 0 Å². The number of hydrogen-bond acceptors (Lipinski definition) is 8. The third-order valence-corrected chi connectivity index (χ3v) is 16.1. The normalized spacial score (nSPS) is 43.1. The van der Waals surface area contributed by atoms with Crippen LogP contribution < -0.4 is 0 Å². The number of hydrogen-bond donors (Lipinski definition) is 1. The minimum atomic E-state index is -2.27. The van der Waals surface area contributed by atoms with Crippen molar-refractivity contribution in [2.24, 2.45) is 17.8 Å². The van der Waals surface area contributed by atoms with Gasteiger partial charge in [0.15, 0.2) is 14.1 Å². The average Bonchev–Trinajstić information content (AvgIpc) is 3.33. The van der Waals surface area contributed by atoms with E-state index >= 15 is 0 Å². The summed E-state index contributed by atoms with van der Waals surface area (Å²) in [5.41, 5.74) is 0.559. The molecular weight excluding hydrogens is 612 g/mol. The van der Waals surface area contributed by atoms with Crippen LogP contribution in [0.15, 0.2) is 47.1 Å². The lowest BCUT2D eigenvalue weighted by Gasteiger charge is -2.50. The van der Waals surface area contributed by atoms with Crippen LogP contribution >= 0.6 is 0 Å². The maximum Gasteiger partial charge on any atom is 0.316 e. The monoisotopic (exact) mass is 670 g/mol. The maximum atomic E-state index is 14.4.